The number of carbonyl (C=O) groups is 1. The number of aliphatic carboxylic acids is 1. The maximum absolute atomic E-state index is 10.7. The number of carboxylic acid groups (broad SMARTS) is 1. The van der Waals surface area contributed by atoms with Crippen LogP contribution in [0.15, 0.2) is 24.3 Å². The zero-order valence-corrected chi connectivity index (χ0v) is 10.8. The van der Waals surface area contributed by atoms with Crippen molar-refractivity contribution in [1.29, 1.82) is 5.26 Å². The highest BCUT2D eigenvalue weighted by Gasteiger charge is 2.13. The lowest BCUT2D eigenvalue weighted by Crippen LogP contribution is -2.30. The summed E-state index contributed by atoms with van der Waals surface area (Å²) in [7, 11) is 0. The molecule has 0 atom stereocenters. The van der Waals surface area contributed by atoms with Gasteiger partial charge in [0.1, 0.15) is 6.07 Å². The second-order valence-electron chi connectivity index (χ2n) is 4.61. The smallest absolute Gasteiger partial charge is 0.305 e. The molecule has 0 unspecified atom stereocenters. The van der Waals surface area contributed by atoms with Gasteiger partial charge in [-0.1, -0.05) is 26.0 Å². The van der Waals surface area contributed by atoms with Crippen molar-refractivity contribution in [2.75, 3.05) is 18.0 Å². The molecule has 0 aliphatic carbocycles. The summed E-state index contributed by atoms with van der Waals surface area (Å²) in [6.45, 7) is 5.31. The first kappa shape index (κ1) is 14.0. The van der Waals surface area contributed by atoms with Gasteiger partial charge >= 0.3 is 5.97 Å². The van der Waals surface area contributed by atoms with E-state index in [1.54, 1.807) is 6.07 Å². The Balaban J connectivity index is 2.94. The van der Waals surface area contributed by atoms with Crippen molar-refractivity contribution >= 4 is 11.7 Å². The quantitative estimate of drug-likeness (QED) is 0.837. The van der Waals surface area contributed by atoms with Crippen LogP contribution < -0.4 is 4.90 Å². The molecule has 4 heteroatoms. The van der Waals surface area contributed by atoms with Crippen LogP contribution in [0.25, 0.3) is 0 Å². The molecule has 96 valence electrons. The minimum Gasteiger partial charge on any atom is -0.481 e. The molecule has 0 saturated carbocycles. The second kappa shape index (κ2) is 6.65. The van der Waals surface area contributed by atoms with Crippen LogP contribution >= 0.6 is 0 Å². The molecule has 0 aliphatic heterocycles. The van der Waals surface area contributed by atoms with Gasteiger partial charge < -0.3 is 10.0 Å². The van der Waals surface area contributed by atoms with Crippen molar-refractivity contribution in [2.24, 2.45) is 5.92 Å². The van der Waals surface area contributed by atoms with Crippen molar-refractivity contribution in [2.45, 2.75) is 20.3 Å². The molecule has 0 aromatic heterocycles. The molecule has 0 bridgehead atoms. The lowest BCUT2D eigenvalue weighted by Gasteiger charge is -2.26. The van der Waals surface area contributed by atoms with Crippen LogP contribution in [0.2, 0.25) is 0 Å². The number of benzene rings is 1. The first-order valence-corrected chi connectivity index (χ1v) is 6.00. The Morgan fingerprint density at radius 1 is 1.44 bits per heavy atom. The molecular formula is C14H18N2O2. The highest BCUT2D eigenvalue weighted by Crippen LogP contribution is 2.21. The predicted molar refractivity (Wildman–Crippen MR) is 70.5 cm³/mol. The van der Waals surface area contributed by atoms with Gasteiger partial charge in [-0.3, -0.25) is 4.79 Å². The van der Waals surface area contributed by atoms with Crippen LogP contribution in [-0.2, 0) is 4.79 Å². The van der Waals surface area contributed by atoms with E-state index in [0.717, 1.165) is 12.2 Å². The molecule has 0 aliphatic rings. The first-order chi connectivity index (χ1) is 8.54. The molecule has 1 N–H and O–H groups in total. The van der Waals surface area contributed by atoms with Gasteiger partial charge in [-0.15, -0.1) is 0 Å². The number of hydrogen-bond donors (Lipinski definition) is 1. The van der Waals surface area contributed by atoms with Gasteiger partial charge in [0, 0.05) is 13.1 Å². The van der Waals surface area contributed by atoms with Crippen molar-refractivity contribution in [3.8, 4) is 6.07 Å². The molecule has 0 heterocycles. The molecule has 0 amide bonds. The summed E-state index contributed by atoms with van der Waals surface area (Å²) in [6.07, 6.45) is 0.0759. The van der Waals surface area contributed by atoms with Crippen molar-refractivity contribution in [3.05, 3.63) is 29.8 Å². The van der Waals surface area contributed by atoms with Gasteiger partial charge in [-0.25, -0.2) is 0 Å². The van der Waals surface area contributed by atoms with Gasteiger partial charge in [-0.05, 0) is 18.1 Å². The topological polar surface area (TPSA) is 64.3 Å². The lowest BCUT2D eigenvalue weighted by atomic mass is 10.1. The average Bonchev–Trinajstić information content (AvgIpc) is 2.33. The minimum absolute atomic E-state index is 0.0759. The summed E-state index contributed by atoms with van der Waals surface area (Å²) in [5, 5.41) is 17.9. The molecule has 18 heavy (non-hydrogen) atoms. The Labute approximate surface area is 107 Å². The number of para-hydroxylation sites is 1. The summed E-state index contributed by atoms with van der Waals surface area (Å²) in [4.78, 5) is 12.7. The lowest BCUT2D eigenvalue weighted by molar-refractivity contribution is -0.136. The molecule has 0 spiro atoms. The normalized spacial score (nSPS) is 10.1. The van der Waals surface area contributed by atoms with E-state index in [1.165, 1.54) is 0 Å². The minimum atomic E-state index is -0.821. The SMILES string of the molecule is CC(C)CN(CCC(=O)O)c1ccccc1C#N. The van der Waals surface area contributed by atoms with E-state index in [0.29, 0.717) is 18.0 Å². The van der Waals surface area contributed by atoms with E-state index in [2.05, 4.69) is 19.9 Å². The number of carboxylic acids is 1. The van der Waals surface area contributed by atoms with Crippen LogP contribution in [0.3, 0.4) is 0 Å². The zero-order valence-electron chi connectivity index (χ0n) is 10.8. The summed E-state index contributed by atoms with van der Waals surface area (Å²) in [5.74, 6) is -0.413. The maximum atomic E-state index is 10.7. The van der Waals surface area contributed by atoms with E-state index >= 15 is 0 Å². The molecule has 4 nitrogen and oxygen atoms in total. The van der Waals surface area contributed by atoms with Crippen LogP contribution in [0.1, 0.15) is 25.8 Å². The molecule has 0 radical (unpaired) electrons. The zero-order chi connectivity index (χ0) is 13.5. The Hall–Kier alpha value is -2.02. The Bertz CT molecular complexity index is 449. The Morgan fingerprint density at radius 2 is 2.11 bits per heavy atom. The monoisotopic (exact) mass is 246 g/mol. The molecular weight excluding hydrogens is 228 g/mol. The van der Waals surface area contributed by atoms with Gasteiger partial charge in [0.25, 0.3) is 0 Å². The van der Waals surface area contributed by atoms with E-state index in [1.807, 2.05) is 23.1 Å². The fourth-order valence-electron chi connectivity index (χ4n) is 1.83. The van der Waals surface area contributed by atoms with E-state index in [9.17, 15) is 4.79 Å². The Kier molecular flexibility index (Phi) is 5.19. The third-order valence-electron chi connectivity index (χ3n) is 2.55. The van der Waals surface area contributed by atoms with E-state index in [4.69, 9.17) is 10.4 Å². The summed E-state index contributed by atoms with van der Waals surface area (Å²) < 4.78 is 0. The van der Waals surface area contributed by atoms with Gasteiger partial charge in [0.15, 0.2) is 0 Å². The standard InChI is InChI=1S/C14H18N2O2/c1-11(2)10-16(8-7-14(17)18)13-6-4-3-5-12(13)9-15/h3-6,11H,7-8,10H2,1-2H3,(H,17,18). The summed E-state index contributed by atoms with van der Waals surface area (Å²) in [5.41, 5.74) is 1.40. The number of nitrogens with zero attached hydrogens (tertiary/aromatic N) is 2. The fourth-order valence-corrected chi connectivity index (χ4v) is 1.83. The third kappa shape index (κ3) is 4.10. The van der Waals surface area contributed by atoms with Gasteiger partial charge in [-0.2, -0.15) is 5.26 Å². The average molecular weight is 246 g/mol. The van der Waals surface area contributed by atoms with Crippen LogP contribution in [-0.4, -0.2) is 24.2 Å². The molecule has 1 aromatic rings. The molecule has 1 rings (SSSR count). The number of anilines is 1. The first-order valence-electron chi connectivity index (χ1n) is 6.00. The van der Waals surface area contributed by atoms with E-state index in [-0.39, 0.29) is 6.42 Å². The third-order valence-corrected chi connectivity index (χ3v) is 2.55. The van der Waals surface area contributed by atoms with Gasteiger partial charge in [0.2, 0.25) is 0 Å². The van der Waals surface area contributed by atoms with E-state index < -0.39 is 5.97 Å². The van der Waals surface area contributed by atoms with Crippen molar-refractivity contribution in [1.82, 2.24) is 0 Å². The fraction of sp³-hybridized carbons (Fsp3) is 0.429. The molecule has 1 aromatic carbocycles. The highest BCUT2D eigenvalue weighted by molar-refractivity contribution is 5.68. The summed E-state index contributed by atoms with van der Waals surface area (Å²) >= 11 is 0. The van der Waals surface area contributed by atoms with Crippen LogP contribution in [0.4, 0.5) is 5.69 Å². The predicted octanol–water partition coefficient (Wildman–Crippen LogP) is 2.50. The van der Waals surface area contributed by atoms with Crippen molar-refractivity contribution < 1.29 is 9.90 Å². The summed E-state index contributed by atoms with van der Waals surface area (Å²) in [6, 6.07) is 9.44. The van der Waals surface area contributed by atoms with Gasteiger partial charge in [0.05, 0.1) is 17.7 Å². The Morgan fingerprint density at radius 3 is 2.67 bits per heavy atom. The second-order valence-corrected chi connectivity index (χ2v) is 4.61. The highest BCUT2D eigenvalue weighted by atomic mass is 16.4. The van der Waals surface area contributed by atoms with Crippen LogP contribution in [0, 0.1) is 17.2 Å². The number of hydrogen-bond acceptors (Lipinski definition) is 3. The maximum Gasteiger partial charge on any atom is 0.305 e. The number of rotatable bonds is 6. The molecule has 0 saturated heterocycles. The molecule has 0 fully saturated rings. The largest absolute Gasteiger partial charge is 0.481 e. The number of nitriles is 1. The van der Waals surface area contributed by atoms with Crippen molar-refractivity contribution in [3.63, 3.8) is 0 Å². The van der Waals surface area contributed by atoms with Crippen LogP contribution in [0.5, 0.6) is 0 Å².